The van der Waals surface area contributed by atoms with Crippen molar-refractivity contribution >= 4 is 5.97 Å². The number of hydrogen-bond acceptors (Lipinski definition) is 5. The number of aromatic nitrogens is 2. The molecule has 0 N–H and O–H groups in total. The Morgan fingerprint density at radius 3 is 2.73 bits per heavy atom. The van der Waals surface area contributed by atoms with Crippen LogP contribution in [0, 0.1) is 0 Å². The molecule has 22 heavy (non-hydrogen) atoms. The van der Waals surface area contributed by atoms with Gasteiger partial charge in [0.25, 0.3) is 0 Å². The summed E-state index contributed by atoms with van der Waals surface area (Å²) in [6.07, 6.45) is 0. The fraction of sp³-hybridized carbons (Fsp3) is 0.375. The molecule has 0 radical (unpaired) electrons. The van der Waals surface area contributed by atoms with Crippen molar-refractivity contribution in [2.75, 3.05) is 20.3 Å². The zero-order chi connectivity index (χ0) is 15.9. The number of rotatable bonds is 7. The van der Waals surface area contributed by atoms with E-state index in [0.717, 1.165) is 17.0 Å². The summed E-state index contributed by atoms with van der Waals surface area (Å²) < 4.78 is 17.4. The van der Waals surface area contributed by atoms with E-state index in [0.29, 0.717) is 19.0 Å². The first kappa shape index (κ1) is 15.9. The first-order valence-electron chi connectivity index (χ1n) is 7.19. The molecule has 0 saturated carbocycles. The van der Waals surface area contributed by atoms with Gasteiger partial charge in [-0.15, -0.1) is 5.10 Å². The average Bonchev–Trinajstić information content (AvgIpc) is 2.96. The SMILES string of the molecule is CCOC(=O)COc1cc(-c2ccccc2OC)n(CC)n1. The quantitative estimate of drug-likeness (QED) is 0.736. The highest BCUT2D eigenvalue weighted by Crippen LogP contribution is 2.31. The van der Waals surface area contributed by atoms with Crippen molar-refractivity contribution in [3.05, 3.63) is 30.3 Å². The lowest BCUT2D eigenvalue weighted by Crippen LogP contribution is -2.14. The van der Waals surface area contributed by atoms with Crippen molar-refractivity contribution in [3.63, 3.8) is 0 Å². The number of benzene rings is 1. The predicted molar refractivity (Wildman–Crippen MR) is 82.0 cm³/mol. The number of carbonyl (C=O) groups excluding carboxylic acids is 1. The van der Waals surface area contributed by atoms with Gasteiger partial charge in [0, 0.05) is 18.2 Å². The summed E-state index contributed by atoms with van der Waals surface area (Å²) in [6, 6.07) is 9.48. The fourth-order valence-electron chi connectivity index (χ4n) is 2.11. The van der Waals surface area contributed by atoms with Gasteiger partial charge in [0.2, 0.25) is 5.88 Å². The van der Waals surface area contributed by atoms with Crippen LogP contribution in [0.1, 0.15) is 13.8 Å². The molecule has 0 aliphatic heterocycles. The lowest BCUT2D eigenvalue weighted by atomic mass is 10.1. The third-order valence-electron chi connectivity index (χ3n) is 3.08. The Labute approximate surface area is 129 Å². The van der Waals surface area contributed by atoms with E-state index in [1.165, 1.54) is 0 Å². The molecule has 0 atom stereocenters. The van der Waals surface area contributed by atoms with E-state index in [9.17, 15) is 4.79 Å². The molecule has 1 aromatic carbocycles. The maximum Gasteiger partial charge on any atom is 0.344 e. The summed E-state index contributed by atoms with van der Waals surface area (Å²) in [5.74, 6) is 0.734. The van der Waals surface area contributed by atoms with Gasteiger partial charge in [-0.1, -0.05) is 12.1 Å². The Morgan fingerprint density at radius 2 is 2.05 bits per heavy atom. The second-order valence-corrected chi connectivity index (χ2v) is 4.48. The molecule has 1 aromatic heterocycles. The zero-order valence-corrected chi connectivity index (χ0v) is 13.0. The Hall–Kier alpha value is -2.50. The van der Waals surface area contributed by atoms with E-state index >= 15 is 0 Å². The lowest BCUT2D eigenvalue weighted by Gasteiger charge is -2.08. The van der Waals surface area contributed by atoms with Crippen molar-refractivity contribution in [3.8, 4) is 22.9 Å². The summed E-state index contributed by atoms with van der Waals surface area (Å²) in [4.78, 5) is 11.3. The van der Waals surface area contributed by atoms with Gasteiger partial charge in [0.15, 0.2) is 6.61 Å². The van der Waals surface area contributed by atoms with Crippen LogP contribution in [0.3, 0.4) is 0 Å². The number of ether oxygens (including phenoxy) is 3. The molecular weight excluding hydrogens is 284 g/mol. The second kappa shape index (κ2) is 7.49. The van der Waals surface area contributed by atoms with Crippen molar-refractivity contribution in [2.24, 2.45) is 0 Å². The number of hydrogen-bond donors (Lipinski definition) is 0. The molecular formula is C16H20N2O4. The average molecular weight is 304 g/mol. The van der Waals surface area contributed by atoms with Crippen molar-refractivity contribution in [1.82, 2.24) is 9.78 Å². The van der Waals surface area contributed by atoms with Crippen LogP contribution in [0.5, 0.6) is 11.6 Å². The molecule has 1 heterocycles. The third-order valence-corrected chi connectivity index (χ3v) is 3.08. The van der Waals surface area contributed by atoms with Crippen molar-refractivity contribution in [1.29, 1.82) is 0 Å². The van der Waals surface area contributed by atoms with Crippen LogP contribution in [-0.4, -0.2) is 36.1 Å². The smallest absolute Gasteiger partial charge is 0.344 e. The van der Waals surface area contributed by atoms with E-state index in [1.54, 1.807) is 24.8 Å². The molecule has 6 nitrogen and oxygen atoms in total. The van der Waals surface area contributed by atoms with Gasteiger partial charge < -0.3 is 14.2 Å². The first-order chi connectivity index (χ1) is 10.7. The summed E-state index contributed by atoms with van der Waals surface area (Å²) in [7, 11) is 1.63. The number of aryl methyl sites for hydroxylation is 1. The largest absolute Gasteiger partial charge is 0.496 e. The van der Waals surface area contributed by atoms with Gasteiger partial charge in [-0.3, -0.25) is 4.68 Å². The Morgan fingerprint density at radius 1 is 1.27 bits per heavy atom. The van der Waals surface area contributed by atoms with Crippen LogP contribution in [0.4, 0.5) is 0 Å². The minimum atomic E-state index is -0.410. The number of para-hydroxylation sites is 1. The molecule has 0 spiro atoms. The van der Waals surface area contributed by atoms with Crippen LogP contribution in [-0.2, 0) is 16.1 Å². The third kappa shape index (κ3) is 3.58. The van der Waals surface area contributed by atoms with E-state index < -0.39 is 5.97 Å². The maximum atomic E-state index is 11.3. The summed E-state index contributed by atoms with van der Waals surface area (Å²) in [5, 5.41) is 4.34. The topological polar surface area (TPSA) is 62.6 Å². The van der Waals surface area contributed by atoms with Crippen LogP contribution in [0.25, 0.3) is 11.3 Å². The summed E-state index contributed by atoms with van der Waals surface area (Å²) >= 11 is 0. The second-order valence-electron chi connectivity index (χ2n) is 4.48. The van der Waals surface area contributed by atoms with Gasteiger partial charge in [0.05, 0.1) is 19.4 Å². The van der Waals surface area contributed by atoms with E-state index in [4.69, 9.17) is 14.2 Å². The van der Waals surface area contributed by atoms with Gasteiger partial charge >= 0.3 is 5.97 Å². The van der Waals surface area contributed by atoms with Gasteiger partial charge in [-0.25, -0.2) is 4.79 Å². The minimum absolute atomic E-state index is 0.153. The van der Waals surface area contributed by atoms with Crippen molar-refractivity contribution in [2.45, 2.75) is 20.4 Å². The van der Waals surface area contributed by atoms with Crippen molar-refractivity contribution < 1.29 is 19.0 Å². The fourth-order valence-corrected chi connectivity index (χ4v) is 2.11. The summed E-state index contributed by atoms with van der Waals surface area (Å²) in [6.45, 7) is 4.60. The lowest BCUT2D eigenvalue weighted by molar-refractivity contribution is -0.145. The molecule has 0 aliphatic carbocycles. The first-order valence-corrected chi connectivity index (χ1v) is 7.19. The molecule has 6 heteroatoms. The molecule has 2 aromatic rings. The monoisotopic (exact) mass is 304 g/mol. The molecule has 118 valence electrons. The minimum Gasteiger partial charge on any atom is -0.496 e. The maximum absolute atomic E-state index is 11.3. The van der Waals surface area contributed by atoms with Gasteiger partial charge in [-0.2, -0.15) is 0 Å². The Bertz CT molecular complexity index is 637. The molecule has 0 fully saturated rings. The normalized spacial score (nSPS) is 10.3. The predicted octanol–water partition coefficient (Wildman–Crippen LogP) is 2.52. The zero-order valence-electron chi connectivity index (χ0n) is 13.0. The Balaban J connectivity index is 2.23. The van der Waals surface area contributed by atoms with E-state index in [2.05, 4.69) is 5.10 Å². The van der Waals surface area contributed by atoms with Gasteiger partial charge in [-0.05, 0) is 26.0 Å². The van der Waals surface area contributed by atoms with Crippen LogP contribution >= 0.6 is 0 Å². The highest BCUT2D eigenvalue weighted by Gasteiger charge is 2.14. The van der Waals surface area contributed by atoms with E-state index in [-0.39, 0.29) is 6.61 Å². The number of esters is 1. The highest BCUT2D eigenvalue weighted by atomic mass is 16.6. The molecule has 0 amide bonds. The molecule has 0 saturated heterocycles. The molecule has 0 bridgehead atoms. The van der Waals surface area contributed by atoms with E-state index in [1.807, 2.05) is 31.2 Å². The van der Waals surface area contributed by atoms with Crippen LogP contribution in [0.2, 0.25) is 0 Å². The van der Waals surface area contributed by atoms with Crippen LogP contribution in [0.15, 0.2) is 30.3 Å². The molecule has 0 unspecified atom stereocenters. The molecule has 0 aliphatic rings. The number of methoxy groups -OCH3 is 1. The molecule has 2 rings (SSSR count). The van der Waals surface area contributed by atoms with Crippen LogP contribution < -0.4 is 9.47 Å². The number of carbonyl (C=O) groups is 1. The highest BCUT2D eigenvalue weighted by molar-refractivity contribution is 5.71. The summed E-state index contributed by atoms with van der Waals surface area (Å²) in [5.41, 5.74) is 1.80. The number of nitrogens with zero attached hydrogens (tertiary/aromatic N) is 2. The standard InChI is InChI=1S/C16H20N2O4/c1-4-18-13(12-8-6-7-9-14(12)20-3)10-15(17-18)22-11-16(19)21-5-2/h6-10H,4-5,11H2,1-3H3. The van der Waals surface area contributed by atoms with Gasteiger partial charge in [0.1, 0.15) is 5.75 Å². The Kier molecular flexibility index (Phi) is 5.41.